The van der Waals surface area contributed by atoms with E-state index in [2.05, 4.69) is 14.7 Å². The van der Waals surface area contributed by atoms with Crippen molar-refractivity contribution < 1.29 is 17.9 Å². The molecule has 0 atom stereocenters. The summed E-state index contributed by atoms with van der Waals surface area (Å²) in [7, 11) is -3.94. The first-order chi connectivity index (χ1) is 10.4. The molecule has 118 valence electrons. The van der Waals surface area contributed by atoms with Crippen molar-refractivity contribution in [3.63, 3.8) is 0 Å². The molecular weight excluding hydrogens is 306 g/mol. The summed E-state index contributed by atoms with van der Waals surface area (Å²) in [5.41, 5.74) is 1.16. The number of aromatic amines is 1. The SMILES string of the molecule is CCOC(=O)c1c(C)[nH]c(C)c1S(=O)(=O)Nc1cccnc1. The molecule has 2 N–H and O–H groups in total. The van der Waals surface area contributed by atoms with E-state index >= 15 is 0 Å². The van der Waals surface area contributed by atoms with Crippen LogP contribution >= 0.6 is 0 Å². The van der Waals surface area contributed by atoms with Crippen molar-refractivity contribution in [3.8, 4) is 0 Å². The fourth-order valence-corrected chi connectivity index (χ4v) is 3.66. The molecule has 8 heteroatoms. The molecule has 7 nitrogen and oxygen atoms in total. The molecule has 0 bridgehead atoms. The third-order valence-corrected chi connectivity index (χ3v) is 4.53. The Balaban J connectivity index is 2.49. The number of sulfonamides is 1. The van der Waals surface area contributed by atoms with Crippen LogP contribution < -0.4 is 4.72 Å². The first-order valence-corrected chi connectivity index (χ1v) is 8.14. The highest BCUT2D eigenvalue weighted by atomic mass is 32.2. The zero-order valence-corrected chi connectivity index (χ0v) is 13.3. The molecule has 0 spiro atoms. The van der Waals surface area contributed by atoms with Crippen LogP contribution in [-0.2, 0) is 14.8 Å². The van der Waals surface area contributed by atoms with E-state index in [4.69, 9.17) is 4.74 Å². The van der Waals surface area contributed by atoms with Gasteiger partial charge >= 0.3 is 5.97 Å². The smallest absolute Gasteiger partial charge is 0.341 e. The number of aryl methyl sites for hydroxylation is 2. The van der Waals surface area contributed by atoms with Crippen LogP contribution in [0.2, 0.25) is 0 Å². The molecule has 0 aliphatic rings. The summed E-state index contributed by atoms with van der Waals surface area (Å²) in [6.07, 6.45) is 2.92. The Bertz CT molecular complexity index is 782. The number of anilines is 1. The Morgan fingerprint density at radius 2 is 2.09 bits per heavy atom. The van der Waals surface area contributed by atoms with Crippen LogP contribution in [-0.4, -0.2) is 31.0 Å². The average Bonchev–Trinajstić information content (AvgIpc) is 2.75. The molecular formula is C14H17N3O4S. The summed E-state index contributed by atoms with van der Waals surface area (Å²) >= 11 is 0. The Morgan fingerprint density at radius 1 is 1.36 bits per heavy atom. The van der Waals surface area contributed by atoms with Gasteiger partial charge in [-0.25, -0.2) is 13.2 Å². The number of aromatic nitrogens is 2. The first-order valence-electron chi connectivity index (χ1n) is 6.66. The minimum atomic E-state index is -3.94. The quantitative estimate of drug-likeness (QED) is 0.820. The number of nitrogens with zero attached hydrogens (tertiary/aromatic N) is 1. The van der Waals surface area contributed by atoms with Crippen LogP contribution in [0.25, 0.3) is 0 Å². The molecule has 0 saturated heterocycles. The van der Waals surface area contributed by atoms with E-state index in [1.54, 1.807) is 32.9 Å². The van der Waals surface area contributed by atoms with Crippen molar-refractivity contribution in [2.24, 2.45) is 0 Å². The standard InChI is InChI=1S/C14H17N3O4S/c1-4-21-14(18)12-9(2)16-10(3)13(12)22(19,20)17-11-6-5-7-15-8-11/h5-8,16-17H,4H2,1-3H3. The number of hydrogen-bond acceptors (Lipinski definition) is 5. The Morgan fingerprint density at radius 3 is 2.68 bits per heavy atom. The van der Waals surface area contributed by atoms with Crippen LogP contribution in [0.15, 0.2) is 29.4 Å². The number of pyridine rings is 1. The summed E-state index contributed by atoms with van der Waals surface area (Å²) in [6, 6.07) is 3.18. The van der Waals surface area contributed by atoms with Gasteiger partial charge in [-0.3, -0.25) is 9.71 Å². The molecule has 2 aromatic heterocycles. The second kappa shape index (κ2) is 6.18. The summed E-state index contributed by atoms with van der Waals surface area (Å²) in [6.45, 7) is 5.04. The fraction of sp³-hybridized carbons (Fsp3) is 0.286. The Kier molecular flexibility index (Phi) is 4.51. The monoisotopic (exact) mass is 323 g/mol. The van der Waals surface area contributed by atoms with Gasteiger partial charge in [0.1, 0.15) is 10.5 Å². The number of carbonyl (C=O) groups is 1. The third-order valence-electron chi connectivity index (χ3n) is 2.98. The van der Waals surface area contributed by atoms with E-state index in [9.17, 15) is 13.2 Å². The third kappa shape index (κ3) is 3.11. The summed E-state index contributed by atoms with van der Waals surface area (Å²) in [4.78, 5) is 18.7. The Labute approximate surface area is 128 Å². The van der Waals surface area contributed by atoms with Gasteiger partial charge in [-0.2, -0.15) is 0 Å². The Hall–Kier alpha value is -2.35. The van der Waals surface area contributed by atoms with Gasteiger partial charge in [0.15, 0.2) is 0 Å². The molecule has 0 saturated carbocycles. The molecule has 2 aromatic rings. The molecule has 0 fully saturated rings. The van der Waals surface area contributed by atoms with Gasteiger partial charge in [-0.05, 0) is 32.9 Å². The van der Waals surface area contributed by atoms with Crippen molar-refractivity contribution in [2.75, 3.05) is 11.3 Å². The summed E-state index contributed by atoms with van der Waals surface area (Å²) < 4.78 is 32.5. The largest absolute Gasteiger partial charge is 0.462 e. The molecule has 0 radical (unpaired) electrons. The van der Waals surface area contributed by atoms with Crippen LogP contribution in [0.1, 0.15) is 28.7 Å². The van der Waals surface area contributed by atoms with Gasteiger partial charge in [-0.1, -0.05) is 0 Å². The van der Waals surface area contributed by atoms with Gasteiger partial charge in [0.05, 0.1) is 18.5 Å². The number of hydrogen-bond donors (Lipinski definition) is 2. The molecule has 2 heterocycles. The van der Waals surface area contributed by atoms with Gasteiger partial charge < -0.3 is 9.72 Å². The minimum absolute atomic E-state index is 0.0238. The summed E-state index contributed by atoms with van der Waals surface area (Å²) in [5.74, 6) is -0.670. The maximum absolute atomic E-state index is 12.6. The molecule has 22 heavy (non-hydrogen) atoms. The van der Waals surface area contributed by atoms with E-state index in [0.717, 1.165) is 0 Å². The predicted octanol–water partition coefficient (Wildman–Crippen LogP) is 2.00. The average molecular weight is 323 g/mol. The molecule has 0 unspecified atom stereocenters. The number of nitrogens with one attached hydrogen (secondary N) is 2. The molecule has 0 aliphatic heterocycles. The molecule has 0 amide bonds. The van der Waals surface area contributed by atoms with E-state index < -0.39 is 16.0 Å². The molecule has 2 rings (SSSR count). The fourth-order valence-electron chi connectivity index (χ4n) is 2.17. The topological polar surface area (TPSA) is 101 Å². The van der Waals surface area contributed by atoms with Crippen molar-refractivity contribution in [2.45, 2.75) is 25.7 Å². The second-order valence-electron chi connectivity index (χ2n) is 4.65. The van der Waals surface area contributed by atoms with Crippen LogP contribution in [0.3, 0.4) is 0 Å². The van der Waals surface area contributed by atoms with E-state index in [1.165, 1.54) is 12.4 Å². The molecule has 0 aromatic carbocycles. The first kappa shape index (κ1) is 16.0. The van der Waals surface area contributed by atoms with Crippen molar-refractivity contribution in [3.05, 3.63) is 41.5 Å². The summed E-state index contributed by atoms with van der Waals surface area (Å²) in [5, 5.41) is 0. The van der Waals surface area contributed by atoms with Crippen LogP contribution in [0.4, 0.5) is 5.69 Å². The zero-order valence-electron chi connectivity index (χ0n) is 12.5. The maximum atomic E-state index is 12.6. The van der Waals surface area contributed by atoms with Crippen molar-refractivity contribution >= 4 is 21.7 Å². The molecule has 0 aliphatic carbocycles. The van der Waals surface area contributed by atoms with Crippen LogP contribution in [0.5, 0.6) is 0 Å². The lowest BCUT2D eigenvalue weighted by atomic mass is 10.2. The normalized spacial score (nSPS) is 11.2. The van der Waals surface area contributed by atoms with Crippen LogP contribution in [0, 0.1) is 13.8 Å². The number of rotatable bonds is 5. The van der Waals surface area contributed by atoms with E-state index in [0.29, 0.717) is 17.1 Å². The highest BCUT2D eigenvalue weighted by molar-refractivity contribution is 7.92. The zero-order chi connectivity index (χ0) is 16.3. The van der Waals surface area contributed by atoms with Crippen molar-refractivity contribution in [1.29, 1.82) is 0 Å². The highest BCUT2D eigenvalue weighted by Crippen LogP contribution is 2.26. The predicted molar refractivity (Wildman–Crippen MR) is 81.3 cm³/mol. The van der Waals surface area contributed by atoms with Gasteiger partial charge in [0, 0.05) is 17.6 Å². The van der Waals surface area contributed by atoms with Gasteiger partial charge in [-0.15, -0.1) is 0 Å². The number of esters is 1. The van der Waals surface area contributed by atoms with E-state index in [1.807, 2.05) is 0 Å². The van der Waals surface area contributed by atoms with Gasteiger partial charge in [0.25, 0.3) is 10.0 Å². The number of carbonyl (C=O) groups excluding carboxylic acids is 1. The van der Waals surface area contributed by atoms with Gasteiger partial charge in [0.2, 0.25) is 0 Å². The minimum Gasteiger partial charge on any atom is -0.462 e. The number of H-pyrrole nitrogens is 1. The lowest BCUT2D eigenvalue weighted by molar-refractivity contribution is 0.0521. The highest BCUT2D eigenvalue weighted by Gasteiger charge is 2.29. The van der Waals surface area contributed by atoms with E-state index in [-0.39, 0.29) is 17.1 Å². The second-order valence-corrected chi connectivity index (χ2v) is 6.27. The lowest BCUT2D eigenvalue weighted by Crippen LogP contribution is -2.18. The number of ether oxygens (including phenoxy) is 1. The van der Waals surface area contributed by atoms with Crippen molar-refractivity contribution in [1.82, 2.24) is 9.97 Å². The lowest BCUT2D eigenvalue weighted by Gasteiger charge is -2.09. The maximum Gasteiger partial charge on any atom is 0.341 e.